The van der Waals surface area contributed by atoms with Crippen molar-refractivity contribution in [3.63, 3.8) is 0 Å². The van der Waals surface area contributed by atoms with Crippen LogP contribution in [0.15, 0.2) is 37.2 Å². The van der Waals surface area contributed by atoms with E-state index in [1.54, 1.807) is 29.1 Å². The number of halogens is 4. The Kier molecular flexibility index (Phi) is 8.37. The summed E-state index contributed by atoms with van der Waals surface area (Å²) >= 11 is 6.05. The Hall–Kier alpha value is -4.64. The van der Waals surface area contributed by atoms with Gasteiger partial charge in [-0.3, -0.25) is 15.0 Å². The minimum Gasteiger partial charge on any atom is -0.467 e. The lowest BCUT2D eigenvalue weighted by Crippen LogP contribution is -2.65. The monoisotopic (exact) mass is 659 g/mol. The van der Waals surface area contributed by atoms with Crippen LogP contribution in [0.2, 0.25) is 5.02 Å². The molecule has 4 aromatic heterocycles. The lowest BCUT2D eigenvalue weighted by Gasteiger charge is -2.47. The Balaban J connectivity index is 1.18. The Bertz CT molecular complexity index is 1690. The highest BCUT2D eigenvalue weighted by molar-refractivity contribution is 6.32. The van der Waals surface area contributed by atoms with E-state index in [4.69, 9.17) is 16.3 Å². The molecule has 0 aromatic carbocycles. The van der Waals surface area contributed by atoms with Crippen molar-refractivity contribution in [3.05, 3.63) is 47.8 Å². The van der Waals surface area contributed by atoms with Crippen molar-refractivity contribution in [1.82, 2.24) is 45.0 Å². The van der Waals surface area contributed by atoms with Gasteiger partial charge in [-0.25, -0.2) is 29.7 Å². The van der Waals surface area contributed by atoms with E-state index in [1.807, 2.05) is 0 Å². The number of rotatable bonds is 7. The Labute approximate surface area is 265 Å². The Morgan fingerprint density at radius 3 is 2.35 bits per heavy atom. The maximum Gasteiger partial charge on any atom is 0.420 e. The minimum absolute atomic E-state index is 0.00223. The molecule has 14 nitrogen and oxygen atoms in total. The van der Waals surface area contributed by atoms with E-state index in [0.29, 0.717) is 49.0 Å². The first-order chi connectivity index (χ1) is 21.9. The zero-order chi connectivity index (χ0) is 32.6. The third kappa shape index (κ3) is 6.50. The number of urea groups is 1. The summed E-state index contributed by atoms with van der Waals surface area (Å²) in [6.45, 7) is 2.03. The van der Waals surface area contributed by atoms with Gasteiger partial charge in [0.2, 0.25) is 5.95 Å². The number of carbonyl (C=O) groups excluding carboxylic acids is 1. The van der Waals surface area contributed by atoms with Crippen LogP contribution >= 0.6 is 11.6 Å². The van der Waals surface area contributed by atoms with E-state index >= 15 is 0 Å². The first-order valence-corrected chi connectivity index (χ1v) is 14.7. The molecule has 18 heteroatoms. The van der Waals surface area contributed by atoms with Crippen LogP contribution in [0.5, 0.6) is 6.01 Å². The number of nitrogens with zero attached hydrogens (tertiary/aromatic N) is 9. The van der Waals surface area contributed by atoms with Gasteiger partial charge in [0, 0.05) is 42.4 Å². The number of ether oxygens (including phenoxy) is 1. The van der Waals surface area contributed by atoms with Gasteiger partial charge in [0.1, 0.15) is 17.0 Å². The molecule has 0 atom stereocenters. The van der Waals surface area contributed by atoms with E-state index in [-0.39, 0.29) is 53.9 Å². The average Bonchev–Trinajstić information content (AvgIpc) is 3.46. The van der Waals surface area contributed by atoms with Crippen molar-refractivity contribution in [1.29, 1.82) is 0 Å². The van der Waals surface area contributed by atoms with E-state index < -0.39 is 23.0 Å². The van der Waals surface area contributed by atoms with E-state index in [2.05, 4.69) is 45.4 Å². The number of alkyl halides is 3. The number of hydrogen-bond donors (Lipinski definition) is 3. The molecule has 5 heterocycles. The van der Waals surface area contributed by atoms with Gasteiger partial charge in [-0.1, -0.05) is 11.6 Å². The fourth-order valence-corrected chi connectivity index (χ4v) is 5.78. The number of aromatic amines is 1. The highest BCUT2D eigenvalue weighted by Gasteiger charge is 2.44. The summed E-state index contributed by atoms with van der Waals surface area (Å²) in [6.07, 6.45) is 5.64. The zero-order valence-corrected chi connectivity index (χ0v) is 25.4. The number of hydrogen-bond acceptors (Lipinski definition) is 11. The van der Waals surface area contributed by atoms with E-state index in [9.17, 15) is 23.1 Å². The highest BCUT2D eigenvalue weighted by Crippen LogP contribution is 2.38. The Morgan fingerprint density at radius 2 is 1.78 bits per heavy atom. The third-order valence-electron chi connectivity index (χ3n) is 7.84. The van der Waals surface area contributed by atoms with Crippen molar-refractivity contribution in [2.24, 2.45) is 0 Å². The summed E-state index contributed by atoms with van der Waals surface area (Å²) in [6, 6.07) is -0.523. The predicted molar refractivity (Wildman–Crippen MR) is 159 cm³/mol. The summed E-state index contributed by atoms with van der Waals surface area (Å²) in [7, 11) is 1.47. The quantitative estimate of drug-likeness (QED) is 0.260. The molecule has 6 rings (SSSR count). The molecule has 0 bridgehead atoms. The van der Waals surface area contributed by atoms with Gasteiger partial charge >= 0.3 is 18.2 Å². The zero-order valence-electron chi connectivity index (χ0n) is 24.7. The second-order valence-electron chi connectivity index (χ2n) is 11.4. The molecule has 1 saturated heterocycles. The summed E-state index contributed by atoms with van der Waals surface area (Å²) in [4.78, 5) is 42.1. The van der Waals surface area contributed by atoms with Gasteiger partial charge in [-0.2, -0.15) is 18.3 Å². The normalized spacial score (nSPS) is 19.3. The van der Waals surface area contributed by atoms with Crippen molar-refractivity contribution in [3.8, 4) is 28.7 Å². The molecule has 0 spiro atoms. The summed E-state index contributed by atoms with van der Waals surface area (Å²) in [5.41, 5.74) is -1.46. The van der Waals surface area contributed by atoms with Crippen LogP contribution in [-0.4, -0.2) is 94.0 Å². The standard InChI is InChI=1S/C28H29ClF3N11O3/c1-27(45)13-42(14-27)26(44)43(21-12-33-20(11-34-21)15-7-36-25(46-2)37-8-15)17-5-3-16(4-6-17)39-24-35-9-18(28(30,31)32)22(40-24)23-19(29)10-38-41-23/h7-12,16-17,45H,3-6,13-14H2,1-2H3,(H,38,41)(H,35,39,40)/t16-,17-. The van der Waals surface area contributed by atoms with Crippen LogP contribution in [0, 0.1) is 0 Å². The SMILES string of the molecule is COc1ncc(-c2cnc(N(C(=O)N3CC(C)(O)C3)[C@H]3CC[C@H](Nc4ncc(C(F)(F)F)c(-c5n[nH]cc5Cl)n4)CC3)cn2)cn1. The lowest BCUT2D eigenvalue weighted by molar-refractivity contribution is -0.137. The van der Waals surface area contributed by atoms with Crippen molar-refractivity contribution in [2.75, 3.05) is 30.4 Å². The van der Waals surface area contributed by atoms with Crippen molar-refractivity contribution < 1.29 is 27.8 Å². The molecular weight excluding hydrogens is 631 g/mol. The topological polar surface area (TPSA) is 171 Å². The molecule has 242 valence electrons. The molecule has 1 aliphatic carbocycles. The number of β-amino-alcohol motifs (C(OH)–C–C–N with tert-alkyl or cyclic N) is 1. The fraction of sp³-hybridized carbons (Fsp3) is 0.429. The van der Waals surface area contributed by atoms with Gasteiger partial charge < -0.3 is 20.1 Å². The summed E-state index contributed by atoms with van der Waals surface area (Å²) in [5, 5.41) is 19.7. The molecule has 4 aromatic rings. The number of aromatic nitrogens is 8. The minimum atomic E-state index is -4.71. The predicted octanol–water partition coefficient (Wildman–Crippen LogP) is 4.21. The van der Waals surface area contributed by atoms with E-state index in [0.717, 1.165) is 0 Å². The van der Waals surface area contributed by atoms with Gasteiger partial charge in [-0.05, 0) is 32.6 Å². The maximum absolute atomic E-state index is 13.7. The van der Waals surface area contributed by atoms with Crippen molar-refractivity contribution in [2.45, 2.75) is 56.5 Å². The van der Waals surface area contributed by atoms with Crippen LogP contribution in [0.25, 0.3) is 22.6 Å². The van der Waals surface area contributed by atoms with Crippen LogP contribution in [0.4, 0.5) is 29.7 Å². The first kappa shape index (κ1) is 31.3. The molecule has 2 amide bonds. The van der Waals surface area contributed by atoms with Crippen LogP contribution < -0.4 is 15.0 Å². The maximum atomic E-state index is 13.7. The number of anilines is 2. The number of H-pyrrole nitrogens is 1. The first-order valence-electron chi connectivity index (χ1n) is 14.3. The highest BCUT2D eigenvalue weighted by atomic mass is 35.5. The largest absolute Gasteiger partial charge is 0.467 e. The lowest BCUT2D eigenvalue weighted by atomic mass is 9.90. The third-order valence-corrected chi connectivity index (χ3v) is 8.13. The van der Waals surface area contributed by atoms with Gasteiger partial charge in [-0.15, -0.1) is 0 Å². The molecule has 0 radical (unpaired) electrons. The smallest absolute Gasteiger partial charge is 0.420 e. The van der Waals surface area contributed by atoms with E-state index in [1.165, 1.54) is 25.7 Å². The number of nitrogens with one attached hydrogen (secondary N) is 2. The van der Waals surface area contributed by atoms with Crippen LogP contribution in [-0.2, 0) is 6.18 Å². The number of carbonyl (C=O) groups is 1. The number of likely N-dealkylation sites (tertiary alicyclic amines) is 1. The molecule has 46 heavy (non-hydrogen) atoms. The average molecular weight is 660 g/mol. The molecule has 0 unspecified atom stereocenters. The fourth-order valence-electron chi connectivity index (χ4n) is 5.60. The molecule has 2 aliphatic rings. The Morgan fingerprint density at radius 1 is 1.07 bits per heavy atom. The second-order valence-corrected chi connectivity index (χ2v) is 11.8. The summed E-state index contributed by atoms with van der Waals surface area (Å²) < 4.78 is 46.1. The molecular formula is C28H29ClF3N11O3. The number of aliphatic hydroxyl groups is 1. The number of methoxy groups -OCH3 is 1. The van der Waals surface area contributed by atoms with Crippen LogP contribution in [0.3, 0.4) is 0 Å². The van der Waals surface area contributed by atoms with Crippen molar-refractivity contribution >= 4 is 29.4 Å². The van der Waals surface area contributed by atoms with Gasteiger partial charge in [0.25, 0.3) is 0 Å². The van der Waals surface area contributed by atoms with Gasteiger partial charge in [0.15, 0.2) is 5.82 Å². The molecule has 2 fully saturated rings. The number of amides is 2. The van der Waals surface area contributed by atoms with Crippen LogP contribution in [0.1, 0.15) is 38.2 Å². The molecule has 3 N–H and O–H groups in total. The molecule has 1 saturated carbocycles. The second kappa shape index (κ2) is 12.3. The van der Waals surface area contributed by atoms with Gasteiger partial charge in [0.05, 0.1) is 48.9 Å². The molecule has 1 aliphatic heterocycles. The summed E-state index contributed by atoms with van der Waals surface area (Å²) in [5.74, 6) is 0.350.